The molecule has 4 aromatic rings. The zero-order chi connectivity index (χ0) is 25.7. The Morgan fingerprint density at radius 1 is 0.944 bits per heavy atom. The van der Waals surface area contributed by atoms with Crippen molar-refractivity contribution >= 4 is 51.5 Å². The quantitative estimate of drug-likeness (QED) is 0.169. The normalized spacial score (nSPS) is 10.9. The number of carbonyl (C=O) groups excluding carboxylic acids is 2. The Kier molecular flexibility index (Phi) is 8.18. The van der Waals surface area contributed by atoms with Crippen LogP contribution in [-0.4, -0.2) is 25.4 Å². The van der Waals surface area contributed by atoms with Gasteiger partial charge in [-0.15, -0.1) is 0 Å². The molecule has 1 heterocycles. The first kappa shape index (κ1) is 25.6. The van der Waals surface area contributed by atoms with E-state index in [1.807, 2.05) is 0 Å². The fourth-order valence-electron chi connectivity index (χ4n) is 3.74. The molecule has 0 atom stereocenters. The van der Waals surface area contributed by atoms with Crippen LogP contribution in [0.15, 0.2) is 65.1 Å². The standard InChI is InChI=1S/C28H25Cl2NO5/c1-3-4-7-14-35-26-21(29)15-18(16-22(26)30)28(33)31-24-20-8-5-6-9-23(20)36-27(24)25(32)17-10-12-19(34-2)13-11-17/h5-6,8-13,15-16H,3-4,7,14H2,1-2H3,(H,31,33). The molecule has 0 unspecified atom stereocenters. The third-order valence-electron chi connectivity index (χ3n) is 5.65. The third kappa shape index (κ3) is 5.50. The van der Waals surface area contributed by atoms with Gasteiger partial charge in [0.2, 0.25) is 5.78 Å². The molecule has 6 nitrogen and oxygen atoms in total. The minimum atomic E-state index is -0.494. The second-order valence-corrected chi connectivity index (χ2v) is 8.95. The molecule has 0 saturated heterocycles. The van der Waals surface area contributed by atoms with Gasteiger partial charge in [-0.1, -0.05) is 55.1 Å². The van der Waals surface area contributed by atoms with Gasteiger partial charge in [0.1, 0.15) is 11.3 Å². The molecule has 0 radical (unpaired) electrons. The number of hydrogen-bond donors (Lipinski definition) is 1. The van der Waals surface area contributed by atoms with Crippen LogP contribution in [0.4, 0.5) is 5.69 Å². The van der Waals surface area contributed by atoms with Crippen molar-refractivity contribution in [2.75, 3.05) is 19.0 Å². The lowest BCUT2D eigenvalue weighted by molar-refractivity contribution is 0.101. The summed E-state index contributed by atoms with van der Waals surface area (Å²) in [6, 6.07) is 16.7. The summed E-state index contributed by atoms with van der Waals surface area (Å²) in [4.78, 5) is 26.5. The van der Waals surface area contributed by atoms with E-state index in [1.165, 1.54) is 12.1 Å². The molecular weight excluding hydrogens is 501 g/mol. The molecule has 1 N–H and O–H groups in total. The second kappa shape index (κ2) is 11.5. The van der Waals surface area contributed by atoms with Gasteiger partial charge in [0, 0.05) is 16.5 Å². The van der Waals surface area contributed by atoms with Crippen LogP contribution in [0.25, 0.3) is 11.0 Å². The summed E-state index contributed by atoms with van der Waals surface area (Å²) in [5.41, 5.74) is 1.35. The van der Waals surface area contributed by atoms with Gasteiger partial charge in [0.25, 0.3) is 5.91 Å². The van der Waals surface area contributed by atoms with Gasteiger partial charge in [0.15, 0.2) is 11.5 Å². The first-order chi connectivity index (χ1) is 17.4. The van der Waals surface area contributed by atoms with Crippen molar-refractivity contribution < 1.29 is 23.5 Å². The van der Waals surface area contributed by atoms with E-state index < -0.39 is 5.91 Å². The Balaban J connectivity index is 1.63. The number of unbranched alkanes of at least 4 members (excludes halogenated alkanes) is 2. The molecule has 4 rings (SSSR count). The minimum Gasteiger partial charge on any atom is -0.497 e. The van der Waals surface area contributed by atoms with Crippen LogP contribution >= 0.6 is 23.2 Å². The van der Waals surface area contributed by atoms with Crippen LogP contribution in [0.1, 0.15) is 52.7 Å². The summed E-state index contributed by atoms with van der Waals surface area (Å²) < 4.78 is 16.8. The van der Waals surface area contributed by atoms with Gasteiger partial charge in [-0.3, -0.25) is 9.59 Å². The summed E-state index contributed by atoms with van der Waals surface area (Å²) in [6.07, 6.45) is 2.98. The van der Waals surface area contributed by atoms with Crippen molar-refractivity contribution in [2.24, 2.45) is 0 Å². The summed E-state index contributed by atoms with van der Waals surface area (Å²) in [5.74, 6) is 0.108. The van der Waals surface area contributed by atoms with E-state index in [4.69, 9.17) is 37.1 Å². The zero-order valence-corrected chi connectivity index (χ0v) is 21.4. The maximum atomic E-state index is 13.3. The van der Waals surface area contributed by atoms with E-state index in [0.717, 1.165) is 19.3 Å². The highest BCUT2D eigenvalue weighted by molar-refractivity contribution is 6.38. The number of para-hydroxylation sites is 1. The highest BCUT2D eigenvalue weighted by atomic mass is 35.5. The van der Waals surface area contributed by atoms with E-state index in [-0.39, 0.29) is 32.8 Å². The largest absolute Gasteiger partial charge is 0.497 e. The predicted octanol–water partition coefficient (Wildman–Crippen LogP) is 7.80. The van der Waals surface area contributed by atoms with Crippen molar-refractivity contribution in [1.82, 2.24) is 0 Å². The van der Waals surface area contributed by atoms with E-state index in [2.05, 4.69) is 12.2 Å². The average molecular weight is 526 g/mol. The van der Waals surface area contributed by atoms with Crippen LogP contribution in [0, 0.1) is 0 Å². The zero-order valence-electron chi connectivity index (χ0n) is 19.9. The number of rotatable bonds is 10. The van der Waals surface area contributed by atoms with Crippen molar-refractivity contribution in [3.05, 3.63) is 87.6 Å². The Morgan fingerprint density at radius 3 is 2.31 bits per heavy atom. The van der Waals surface area contributed by atoms with Crippen LogP contribution in [0.3, 0.4) is 0 Å². The summed E-state index contributed by atoms with van der Waals surface area (Å²) in [7, 11) is 1.55. The molecule has 0 aliphatic carbocycles. The Morgan fingerprint density at radius 2 is 1.64 bits per heavy atom. The van der Waals surface area contributed by atoms with Gasteiger partial charge < -0.3 is 19.2 Å². The number of halogens is 2. The molecule has 1 aromatic heterocycles. The molecule has 3 aromatic carbocycles. The average Bonchev–Trinajstić information content (AvgIpc) is 3.25. The summed E-state index contributed by atoms with van der Waals surface area (Å²) in [5, 5.41) is 3.88. The van der Waals surface area contributed by atoms with E-state index in [0.29, 0.717) is 34.6 Å². The van der Waals surface area contributed by atoms with E-state index in [9.17, 15) is 9.59 Å². The van der Waals surface area contributed by atoms with Crippen molar-refractivity contribution in [3.63, 3.8) is 0 Å². The lowest BCUT2D eigenvalue weighted by Gasteiger charge is -2.12. The number of methoxy groups -OCH3 is 1. The number of ether oxygens (including phenoxy) is 2. The molecule has 0 aliphatic heterocycles. The van der Waals surface area contributed by atoms with Crippen LogP contribution < -0.4 is 14.8 Å². The summed E-state index contributed by atoms with van der Waals surface area (Å²) >= 11 is 12.8. The highest BCUT2D eigenvalue weighted by Crippen LogP contribution is 2.36. The smallest absolute Gasteiger partial charge is 0.255 e. The number of benzene rings is 3. The van der Waals surface area contributed by atoms with Crippen molar-refractivity contribution in [3.8, 4) is 11.5 Å². The SMILES string of the molecule is CCCCCOc1c(Cl)cc(C(=O)Nc2c(C(=O)c3ccc(OC)cc3)oc3ccccc23)cc1Cl. The second-order valence-electron chi connectivity index (χ2n) is 8.14. The fourth-order valence-corrected chi connectivity index (χ4v) is 4.34. The number of ketones is 1. The molecular formula is C28H25Cl2NO5. The lowest BCUT2D eigenvalue weighted by Crippen LogP contribution is -2.14. The number of nitrogens with one attached hydrogen (secondary N) is 1. The van der Waals surface area contributed by atoms with Crippen LogP contribution in [0.2, 0.25) is 10.0 Å². The molecule has 0 aliphatic rings. The highest BCUT2D eigenvalue weighted by Gasteiger charge is 2.24. The molecule has 186 valence electrons. The van der Waals surface area contributed by atoms with Crippen molar-refractivity contribution in [1.29, 1.82) is 0 Å². The molecule has 0 fully saturated rings. The maximum absolute atomic E-state index is 13.3. The molecule has 1 amide bonds. The van der Waals surface area contributed by atoms with Crippen LogP contribution in [0.5, 0.6) is 11.5 Å². The number of hydrogen-bond acceptors (Lipinski definition) is 5. The molecule has 0 saturated carbocycles. The maximum Gasteiger partial charge on any atom is 0.255 e. The van der Waals surface area contributed by atoms with E-state index >= 15 is 0 Å². The first-order valence-corrected chi connectivity index (χ1v) is 12.3. The topological polar surface area (TPSA) is 77.8 Å². The monoisotopic (exact) mass is 525 g/mol. The van der Waals surface area contributed by atoms with Crippen LogP contribution in [-0.2, 0) is 0 Å². The molecule has 0 bridgehead atoms. The first-order valence-electron chi connectivity index (χ1n) is 11.6. The molecule has 36 heavy (non-hydrogen) atoms. The Bertz CT molecular complexity index is 1370. The van der Waals surface area contributed by atoms with Gasteiger partial charge in [0.05, 0.1) is 29.4 Å². The number of carbonyl (C=O) groups is 2. The van der Waals surface area contributed by atoms with Gasteiger partial charge in [-0.05, 0) is 55.0 Å². The number of anilines is 1. The predicted molar refractivity (Wildman–Crippen MR) is 142 cm³/mol. The number of amides is 1. The minimum absolute atomic E-state index is 0.0165. The Hall–Kier alpha value is -3.48. The van der Waals surface area contributed by atoms with Gasteiger partial charge in [-0.2, -0.15) is 0 Å². The third-order valence-corrected chi connectivity index (χ3v) is 6.21. The number of fused-ring (bicyclic) bond motifs is 1. The van der Waals surface area contributed by atoms with Gasteiger partial charge in [-0.25, -0.2) is 0 Å². The van der Waals surface area contributed by atoms with Gasteiger partial charge >= 0.3 is 0 Å². The lowest BCUT2D eigenvalue weighted by atomic mass is 10.1. The summed E-state index contributed by atoms with van der Waals surface area (Å²) in [6.45, 7) is 2.59. The number of furan rings is 1. The molecule has 8 heteroatoms. The Labute approximate surface area is 219 Å². The van der Waals surface area contributed by atoms with Crippen molar-refractivity contribution in [2.45, 2.75) is 26.2 Å². The fraction of sp³-hybridized carbons (Fsp3) is 0.214. The molecule has 0 spiro atoms. The van der Waals surface area contributed by atoms with E-state index in [1.54, 1.807) is 55.6 Å².